The Labute approximate surface area is 373 Å². The topological polar surface area (TPSA) is 0 Å². The first-order valence-corrected chi connectivity index (χ1v) is 16.8. The number of rotatable bonds is 5. The van der Waals surface area contributed by atoms with Gasteiger partial charge >= 0.3 is 0 Å². The van der Waals surface area contributed by atoms with Crippen LogP contribution in [0.1, 0.15) is 46.6 Å². The van der Waals surface area contributed by atoms with Gasteiger partial charge in [0.05, 0.1) is 46.6 Å². The second kappa shape index (κ2) is 12.1. The van der Waals surface area contributed by atoms with Crippen molar-refractivity contribution < 1.29 is 46.6 Å². The van der Waals surface area contributed by atoms with E-state index in [1.165, 1.54) is 0 Å². The molecule has 0 amide bonds. The highest BCUT2D eigenvalue weighted by molar-refractivity contribution is 6.27. The summed E-state index contributed by atoms with van der Waals surface area (Å²) < 4.78 is 314. The molecule has 0 aliphatic rings. The van der Waals surface area contributed by atoms with Crippen LogP contribution in [0.3, 0.4) is 0 Å². The Hall–Kier alpha value is -7.28. The van der Waals surface area contributed by atoms with Gasteiger partial charge in [-0.05, 0) is 132 Å². The minimum absolute atomic E-state index is 0.398. The maximum Gasteiger partial charge on any atom is 0.0636 e. The SMILES string of the molecule is [2H]c1c([2H])c([2H])c(-c2c([2H])c(-c3c([2H])c([2H])c(-c4c([2H])c([2H])c([2H])c([2H])c4[2H])c(-c4c([2H])c([2H])c5c([2H])c([2H])c6c([2H])c([2H])c([2H])c7c([2H])c([2H])c4c5c67)c3[2H])c([2H])c([2H])c2-c2c([2H])c([2H])c3c([2H])c([2H])c4c([2H])c([2H])c([2H])c5c([2H])c([2H])c2c3c45)c([2H])c1[2H]. The van der Waals surface area contributed by atoms with Crippen LogP contribution in [0.4, 0.5) is 0 Å². The Morgan fingerprint density at radius 2 is 0.589 bits per heavy atom. The summed E-state index contributed by atoms with van der Waals surface area (Å²) in [4.78, 5) is 0. The van der Waals surface area contributed by atoms with Crippen molar-refractivity contribution in [3.63, 3.8) is 0 Å². The van der Waals surface area contributed by atoms with Gasteiger partial charge in [-0.1, -0.05) is 193 Å². The van der Waals surface area contributed by atoms with E-state index < -0.39 is 326 Å². The molecule has 56 heavy (non-hydrogen) atoms. The quantitative estimate of drug-likeness (QED) is 0.154. The summed E-state index contributed by atoms with van der Waals surface area (Å²) in [6.07, 6.45) is 0. The third kappa shape index (κ3) is 4.66. The van der Waals surface area contributed by atoms with Gasteiger partial charge in [-0.2, -0.15) is 0 Å². The summed E-state index contributed by atoms with van der Waals surface area (Å²) in [6.45, 7) is 0. The molecule has 0 fully saturated rings. The third-order valence-electron chi connectivity index (χ3n) is 9.50. The van der Waals surface area contributed by atoms with E-state index in [2.05, 4.69) is 0 Å². The molecule has 12 aromatic rings. The fourth-order valence-electron chi connectivity index (χ4n) is 7.06. The van der Waals surface area contributed by atoms with Crippen molar-refractivity contribution in [2.75, 3.05) is 0 Å². The zero-order chi connectivity index (χ0) is 66.3. The standard InChI is InChI=1S/C56H34/c1-3-9-35(10-4-1)45-27-25-44(34-52(45)48-29-22-42-20-18-38-14-8-16-40-24-32-50(48)56(42)54(38)40)43-26-30-47(51(33-43)36-11-5-2-6-12-36)46-28-21-41-19-17-37-13-7-15-39-23-31-49(46)55(41)53(37)39/h1-34H/i1D,2D,3D,4D,5D,6D,7D,8D,9D,10D,11D,12D,13D,14D,15D,16D,17D,18D,19D,20D,21D,22D,23D,24D,25D,26D,27D,28D,29D,30D,31D,32D,33D,34D. The third-order valence-corrected chi connectivity index (χ3v) is 9.50. The lowest BCUT2D eigenvalue weighted by atomic mass is 9.84. The average Bonchev–Trinajstić information content (AvgIpc) is 0.698. The fourth-order valence-corrected chi connectivity index (χ4v) is 7.06. The predicted molar refractivity (Wildman–Crippen MR) is 241 cm³/mol. The maximum absolute atomic E-state index is 10.4. The lowest BCUT2D eigenvalue weighted by Gasteiger charge is -2.19. The summed E-state index contributed by atoms with van der Waals surface area (Å²) in [5.74, 6) is 0. The Bertz CT molecular complexity index is 5350. The first-order chi connectivity index (χ1) is 42.0. The van der Waals surface area contributed by atoms with E-state index in [1.54, 1.807) is 0 Å². The van der Waals surface area contributed by atoms with Gasteiger partial charge < -0.3 is 0 Å². The Morgan fingerprint density at radius 3 is 1.11 bits per heavy atom. The monoisotopic (exact) mass is 740 g/mol. The largest absolute Gasteiger partial charge is 0.0636 e. The normalized spacial score (nSPS) is 20.4. The van der Waals surface area contributed by atoms with Gasteiger partial charge in [0.2, 0.25) is 0 Å². The van der Waals surface area contributed by atoms with Gasteiger partial charge in [-0.25, -0.2) is 0 Å². The molecular weight excluding hydrogens is 673 g/mol. The van der Waals surface area contributed by atoms with Gasteiger partial charge in [0.1, 0.15) is 0 Å². The van der Waals surface area contributed by atoms with Gasteiger partial charge in [0.25, 0.3) is 0 Å². The molecule has 0 aliphatic carbocycles. The molecule has 258 valence electrons. The highest BCUT2D eigenvalue weighted by atomic mass is 14.2. The first-order valence-electron chi connectivity index (χ1n) is 33.8. The van der Waals surface area contributed by atoms with Crippen LogP contribution in [-0.4, -0.2) is 0 Å². The highest BCUT2D eigenvalue weighted by Crippen LogP contribution is 2.46. The molecule has 0 heterocycles. The second-order valence-corrected chi connectivity index (χ2v) is 12.5. The first kappa shape index (κ1) is 12.6. The molecule has 0 radical (unpaired) electrons. The Kier molecular flexibility index (Phi) is 2.73. The molecule has 0 atom stereocenters. The molecule has 0 bridgehead atoms. The van der Waals surface area contributed by atoms with Crippen LogP contribution in [0.15, 0.2) is 205 Å². The van der Waals surface area contributed by atoms with Crippen LogP contribution < -0.4 is 0 Å². The smallest absolute Gasteiger partial charge is 0.0622 e. The minimum Gasteiger partial charge on any atom is -0.0622 e. The van der Waals surface area contributed by atoms with Gasteiger partial charge in [-0.15, -0.1) is 0 Å². The lowest BCUT2D eigenvalue weighted by Crippen LogP contribution is -1.92. The summed E-state index contributed by atoms with van der Waals surface area (Å²) >= 11 is 0. The molecule has 0 aliphatic heterocycles. The zero-order valence-electron chi connectivity index (χ0n) is 62.0. The van der Waals surface area contributed by atoms with Gasteiger partial charge in [0, 0.05) is 0 Å². The number of benzene rings is 12. The van der Waals surface area contributed by atoms with Crippen LogP contribution in [0.25, 0.3) is 120 Å². The van der Waals surface area contributed by atoms with Gasteiger partial charge in [-0.3, -0.25) is 0 Å². The van der Waals surface area contributed by atoms with E-state index in [4.69, 9.17) is 24.7 Å². The van der Waals surface area contributed by atoms with E-state index in [-0.39, 0.29) is 0 Å². The van der Waals surface area contributed by atoms with Crippen molar-refractivity contribution in [2.45, 2.75) is 0 Å². The van der Waals surface area contributed by atoms with Crippen molar-refractivity contribution in [1.29, 1.82) is 0 Å². The van der Waals surface area contributed by atoms with Crippen molar-refractivity contribution in [2.24, 2.45) is 0 Å². The molecule has 0 N–H and O–H groups in total. The summed E-state index contributed by atoms with van der Waals surface area (Å²) in [5.41, 5.74) is -10.1. The summed E-state index contributed by atoms with van der Waals surface area (Å²) in [5, 5.41) is -6.46. The van der Waals surface area contributed by atoms with Crippen molar-refractivity contribution >= 4 is 64.6 Å². The molecule has 12 rings (SSSR count). The minimum atomic E-state index is -1.30. The average molecular weight is 741 g/mol. The molecule has 0 unspecified atom stereocenters. The zero-order valence-corrected chi connectivity index (χ0v) is 28.0. The number of hydrogen-bond donors (Lipinski definition) is 0. The van der Waals surface area contributed by atoms with Gasteiger partial charge in [0.15, 0.2) is 0 Å². The predicted octanol–water partition coefficient (Wildman–Crippen LogP) is 15.8. The maximum atomic E-state index is 10.4. The van der Waals surface area contributed by atoms with E-state index >= 15 is 0 Å². The van der Waals surface area contributed by atoms with Crippen LogP contribution in [0.5, 0.6) is 0 Å². The summed E-state index contributed by atoms with van der Waals surface area (Å²) in [7, 11) is 0. The van der Waals surface area contributed by atoms with Crippen molar-refractivity contribution in [3.8, 4) is 55.6 Å². The fraction of sp³-hybridized carbons (Fsp3) is 0. The van der Waals surface area contributed by atoms with E-state index in [9.17, 15) is 21.9 Å². The van der Waals surface area contributed by atoms with E-state index in [0.717, 1.165) is 0 Å². The number of hydrogen-bond acceptors (Lipinski definition) is 0. The molecular formula is C56H34. The molecule has 0 spiro atoms. The van der Waals surface area contributed by atoms with Crippen molar-refractivity contribution in [1.82, 2.24) is 0 Å². The molecule has 0 nitrogen and oxygen atoms in total. The van der Waals surface area contributed by atoms with Crippen LogP contribution in [-0.2, 0) is 0 Å². The molecule has 0 heteroatoms. The molecule has 0 saturated heterocycles. The second-order valence-electron chi connectivity index (χ2n) is 12.5. The van der Waals surface area contributed by atoms with Crippen LogP contribution in [0.2, 0.25) is 0 Å². The van der Waals surface area contributed by atoms with E-state index in [1.807, 2.05) is 0 Å². The lowest BCUT2D eigenvalue weighted by molar-refractivity contribution is 1.56. The molecule has 0 saturated carbocycles. The highest BCUT2D eigenvalue weighted by Gasteiger charge is 2.19. The van der Waals surface area contributed by atoms with Crippen molar-refractivity contribution in [3.05, 3.63) is 205 Å². The van der Waals surface area contributed by atoms with Crippen LogP contribution in [0, 0.1) is 0 Å². The Morgan fingerprint density at radius 1 is 0.214 bits per heavy atom. The molecule has 12 aromatic carbocycles. The summed E-state index contributed by atoms with van der Waals surface area (Å²) in [6, 6.07) is -34.6. The van der Waals surface area contributed by atoms with E-state index in [0.29, 0.717) is 0 Å². The Balaban J connectivity index is 1.36. The van der Waals surface area contributed by atoms with Crippen LogP contribution >= 0.6 is 0 Å². The molecule has 0 aromatic heterocycles.